The lowest BCUT2D eigenvalue weighted by Gasteiger charge is -2.44. The summed E-state index contributed by atoms with van der Waals surface area (Å²) in [5.41, 5.74) is 1.55. The van der Waals surface area contributed by atoms with Crippen LogP contribution in [0, 0.1) is 5.82 Å². The van der Waals surface area contributed by atoms with Gasteiger partial charge in [-0.2, -0.15) is 0 Å². The van der Waals surface area contributed by atoms with E-state index >= 15 is 0 Å². The number of hydrogen-bond acceptors (Lipinski definition) is 4. The van der Waals surface area contributed by atoms with Gasteiger partial charge in [-0.15, -0.1) is 0 Å². The highest BCUT2D eigenvalue weighted by atomic mass is 79.9. The van der Waals surface area contributed by atoms with Crippen LogP contribution >= 0.6 is 15.9 Å². The Hall–Kier alpha value is -3.16. The zero-order valence-electron chi connectivity index (χ0n) is 20.3. The number of ether oxygens (including phenoxy) is 1. The predicted molar refractivity (Wildman–Crippen MR) is 140 cm³/mol. The van der Waals surface area contributed by atoms with Crippen molar-refractivity contribution in [2.24, 2.45) is 0 Å². The number of fused-ring (bicyclic) bond motifs is 5. The Labute approximate surface area is 223 Å². The zero-order chi connectivity index (χ0) is 25.5. The maximum absolute atomic E-state index is 14.8. The van der Waals surface area contributed by atoms with Gasteiger partial charge in [0.1, 0.15) is 23.3 Å². The first-order valence-corrected chi connectivity index (χ1v) is 13.4. The van der Waals surface area contributed by atoms with Crippen molar-refractivity contribution in [3.05, 3.63) is 111 Å². The summed E-state index contributed by atoms with van der Waals surface area (Å²) in [4.78, 5) is 16.1. The Kier molecular flexibility index (Phi) is 4.92. The van der Waals surface area contributed by atoms with Gasteiger partial charge in [0.2, 0.25) is 0 Å². The molecule has 0 spiro atoms. The smallest absolute Gasteiger partial charge is 0.253 e. The van der Waals surface area contributed by atoms with Gasteiger partial charge in [-0.3, -0.25) is 4.79 Å². The summed E-state index contributed by atoms with van der Waals surface area (Å²) < 4.78 is 21.4. The van der Waals surface area contributed by atoms with Crippen molar-refractivity contribution < 1.29 is 19.0 Å². The van der Waals surface area contributed by atoms with E-state index in [1.165, 1.54) is 19.2 Å². The number of rotatable bonds is 3. The lowest BCUT2D eigenvalue weighted by Crippen LogP contribution is -2.54. The van der Waals surface area contributed by atoms with Gasteiger partial charge in [-0.25, -0.2) is 4.39 Å². The number of nitrogens with one attached hydrogen (secondary N) is 1. The highest BCUT2D eigenvalue weighted by Crippen LogP contribution is 2.70. The largest absolute Gasteiger partial charge is 0.496 e. The minimum Gasteiger partial charge on any atom is -0.496 e. The third kappa shape index (κ3) is 2.84. The summed E-state index contributed by atoms with van der Waals surface area (Å²) in [5.74, 6) is -0.617. The highest BCUT2D eigenvalue weighted by Gasteiger charge is 2.72. The van der Waals surface area contributed by atoms with Crippen LogP contribution in [0.4, 0.5) is 4.39 Å². The molecule has 37 heavy (non-hydrogen) atoms. The fraction of sp³-hybridized carbons (Fsp3) is 0.300. The van der Waals surface area contributed by atoms with E-state index in [9.17, 15) is 14.3 Å². The van der Waals surface area contributed by atoms with E-state index in [0.717, 1.165) is 28.4 Å². The number of amides is 1. The molecule has 4 atom stereocenters. The van der Waals surface area contributed by atoms with Crippen LogP contribution in [-0.4, -0.2) is 35.7 Å². The van der Waals surface area contributed by atoms with Gasteiger partial charge in [0.15, 0.2) is 0 Å². The standard InChI is InChI=1S/C30H26BrFN2O3/c1-37-22-15-21(32)14-18-16-29(19-9-11-20(31)12-10-19)26(17-6-3-2-4-7-17)24-27(30(29,36)25(18)22)33-23-8-5-13-34(23)28(24)35/h2-4,6-7,9-12,14-15,23,26,33,36H,5,8,13,16H2,1H3/t23-,26+,29+,30-/m0/s1. The first-order valence-electron chi connectivity index (χ1n) is 12.6. The van der Waals surface area contributed by atoms with Crippen molar-refractivity contribution in [3.63, 3.8) is 0 Å². The highest BCUT2D eigenvalue weighted by molar-refractivity contribution is 9.10. The first kappa shape index (κ1) is 23.0. The number of nitrogens with zero attached hydrogens (tertiary/aromatic N) is 1. The van der Waals surface area contributed by atoms with E-state index in [0.29, 0.717) is 41.1 Å². The normalized spacial score (nSPS) is 29.5. The lowest BCUT2D eigenvalue weighted by molar-refractivity contribution is -0.129. The molecule has 1 saturated heterocycles. The molecular weight excluding hydrogens is 535 g/mol. The quantitative estimate of drug-likeness (QED) is 0.479. The molecule has 0 bridgehead atoms. The Bertz CT molecular complexity index is 1470. The molecule has 7 heteroatoms. The molecule has 3 aromatic rings. The monoisotopic (exact) mass is 560 g/mol. The van der Waals surface area contributed by atoms with E-state index in [4.69, 9.17) is 4.74 Å². The van der Waals surface area contributed by atoms with E-state index in [-0.39, 0.29) is 12.1 Å². The second-order valence-corrected chi connectivity index (χ2v) is 11.4. The molecule has 2 aliphatic heterocycles. The van der Waals surface area contributed by atoms with E-state index in [1.54, 1.807) is 0 Å². The summed E-state index contributed by atoms with van der Waals surface area (Å²) in [5, 5.41) is 16.8. The summed E-state index contributed by atoms with van der Waals surface area (Å²) in [6, 6.07) is 20.7. The fourth-order valence-electron chi connectivity index (χ4n) is 7.46. The molecule has 2 N–H and O–H groups in total. The third-order valence-electron chi connectivity index (χ3n) is 8.81. The summed E-state index contributed by atoms with van der Waals surface area (Å²) in [6.45, 7) is 0.684. The van der Waals surface area contributed by atoms with Gasteiger partial charge < -0.3 is 20.1 Å². The molecule has 2 heterocycles. The van der Waals surface area contributed by atoms with E-state index in [1.807, 2.05) is 59.5 Å². The predicted octanol–water partition coefficient (Wildman–Crippen LogP) is 4.88. The van der Waals surface area contributed by atoms with E-state index < -0.39 is 22.8 Å². The second-order valence-electron chi connectivity index (χ2n) is 10.4. The van der Waals surface area contributed by atoms with Crippen molar-refractivity contribution in [1.29, 1.82) is 0 Å². The van der Waals surface area contributed by atoms with Crippen LogP contribution in [0.1, 0.15) is 41.0 Å². The molecule has 1 amide bonds. The first-order chi connectivity index (χ1) is 17.9. The lowest BCUT2D eigenvalue weighted by atomic mass is 9.61. The van der Waals surface area contributed by atoms with Gasteiger partial charge in [0, 0.05) is 39.6 Å². The molecule has 3 aromatic carbocycles. The Morgan fingerprint density at radius 2 is 1.89 bits per heavy atom. The van der Waals surface area contributed by atoms with Crippen LogP contribution in [0.5, 0.6) is 5.75 Å². The molecule has 5 nitrogen and oxygen atoms in total. The number of aliphatic hydroxyl groups is 1. The molecule has 0 radical (unpaired) electrons. The Balaban J connectivity index is 1.61. The molecule has 188 valence electrons. The van der Waals surface area contributed by atoms with Gasteiger partial charge >= 0.3 is 0 Å². The Morgan fingerprint density at radius 3 is 2.62 bits per heavy atom. The van der Waals surface area contributed by atoms with Crippen LogP contribution in [0.25, 0.3) is 0 Å². The third-order valence-corrected chi connectivity index (χ3v) is 9.33. The number of halogens is 2. The van der Waals surface area contributed by atoms with Crippen molar-refractivity contribution in [1.82, 2.24) is 10.2 Å². The van der Waals surface area contributed by atoms with Gasteiger partial charge in [0.05, 0.1) is 12.8 Å². The topological polar surface area (TPSA) is 61.8 Å². The van der Waals surface area contributed by atoms with Gasteiger partial charge in [-0.1, -0.05) is 58.4 Å². The van der Waals surface area contributed by atoms with Crippen LogP contribution in [0.2, 0.25) is 0 Å². The average molecular weight is 561 g/mol. The minimum absolute atomic E-state index is 0.0351. The SMILES string of the molecule is COc1cc(F)cc2c1[C@]1(O)C3=C(C(=O)N4CCC[C@H]4N3)[C@@H](c3ccccc3)[C@]1(c1ccc(Br)cc1)C2. The Morgan fingerprint density at radius 1 is 1.14 bits per heavy atom. The number of hydrogen-bond donors (Lipinski definition) is 2. The second kappa shape index (κ2) is 7.92. The fourth-order valence-corrected chi connectivity index (χ4v) is 7.72. The number of carbonyl (C=O) groups is 1. The molecule has 0 unspecified atom stereocenters. The van der Waals surface area contributed by atoms with Crippen LogP contribution in [0.15, 0.2) is 82.5 Å². The van der Waals surface area contributed by atoms with Crippen molar-refractivity contribution in [2.75, 3.05) is 13.7 Å². The minimum atomic E-state index is -1.63. The summed E-state index contributed by atoms with van der Waals surface area (Å²) in [6.07, 6.45) is 1.89. The molecule has 2 aliphatic carbocycles. The molecule has 1 fully saturated rings. The van der Waals surface area contributed by atoms with Crippen molar-refractivity contribution in [3.8, 4) is 5.75 Å². The van der Waals surface area contributed by atoms with Gasteiger partial charge in [-0.05, 0) is 54.2 Å². The maximum atomic E-state index is 14.8. The molecule has 0 saturated carbocycles. The number of methoxy groups -OCH3 is 1. The molecular formula is C30H26BrFN2O3. The molecule has 0 aromatic heterocycles. The van der Waals surface area contributed by atoms with Crippen LogP contribution in [-0.2, 0) is 22.2 Å². The van der Waals surface area contributed by atoms with Gasteiger partial charge in [0.25, 0.3) is 5.91 Å². The molecule has 4 aliphatic rings. The van der Waals surface area contributed by atoms with Crippen molar-refractivity contribution >= 4 is 21.8 Å². The maximum Gasteiger partial charge on any atom is 0.253 e. The van der Waals surface area contributed by atoms with E-state index in [2.05, 4.69) is 21.2 Å². The van der Waals surface area contributed by atoms with Crippen LogP contribution in [0.3, 0.4) is 0 Å². The van der Waals surface area contributed by atoms with Crippen LogP contribution < -0.4 is 10.1 Å². The summed E-state index contributed by atoms with van der Waals surface area (Å²) in [7, 11) is 1.50. The molecule has 7 rings (SSSR count). The number of benzene rings is 3. The van der Waals surface area contributed by atoms with Crippen molar-refractivity contribution in [2.45, 2.75) is 42.4 Å². The zero-order valence-corrected chi connectivity index (χ0v) is 21.9. The number of carbonyl (C=O) groups excluding carboxylic acids is 1. The summed E-state index contributed by atoms with van der Waals surface area (Å²) >= 11 is 3.55. The average Bonchev–Trinajstić information content (AvgIpc) is 3.53.